The number of aromatic amines is 1. The molecule has 0 spiro atoms. The van der Waals surface area contributed by atoms with E-state index in [1.54, 1.807) is 30.4 Å². The Kier molecular flexibility index (Phi) is 20.0. The summed E-state index contributed by atoms with van der Waals surface area (Å²) in [5, 5.41) is 4.28. The molecule has 2 radical (unpaired) electrons. The Labute approximate surface area is 173 Å². The Bertz CT molecular complexity index is 707. The molecule has 6 heteroatoms. The van der Waals surface area contributed by atoms with Crippen LogP contribution in [0.4, 0.5) is 0 Å². The Morgan fingerprint density at radius 1 is 1.15 bits per heavy atom. The Morgan fingerprint density at radius 3 is 2.12 bits per heavy atom. The van der Waals surface area contributed by atoms with Crippen LogP contribution in [0.15, 0.2) is 66.0 Å². The quantitative estimate of drug-likeness (QED) is 0.428. The van der Waals surface area contributed by atoms with E-state index >= 15 is 0 Å². The van der Waals surface area contributed by atoms with Crippen molar-refractivity contribution in [1.29, 1.82) is 0 Å². The van der Waals surface area contributed by atoms with Crippen LogP contribution in [0.2, 0.25) is 0 Å². The monoisotopic (exact) mass is 523 g/mol. The number of hydrogen-bond acceptors (Lipinski definition) is 2. The van der Waals surface area contributed by atoms with E-state index in [1.165, 1.54) is 4.68 Å². The number of allylic oxidation sites excluding steroid dienone is 10. The zero-order valence-corrected chi connectivity index (χ0v) is 19.7. The molecule has 140 valence electrons. The molecular formula is C20H30BN3OW. The van der Waals surface area contributed by atoms with Crippen LogP contribution in [0, 0.1) is 0 Å². The van der Waals surface area contributed by atoms with E-state index < -0.39 is 0 Å². The fourth-order valence-corrected chi connectivity index (χ4v) is 1.69. The first-order valence-corrected chi connectivity index (χ1v) is 8.47. The number of H-pyrrole nitrogens is 1. The molecule has 0 saturated carbocycles. The third-order valence-electron chi connectivity index (χ3n) is 2.45. The predicted molar refractivity (Wildman–Crippen MR) is 113 cm³/mol. The van der Waals surface area contributed by atoms with Crippen LogP contribution in [0.25, 0.3) is 11.3 Å². The van der Waals surface area contributed by atoms with Crippen molar-refractivity contribution in [2.24, 2.45) is 0 Å². The first-order valence-electron chi connectivity index (χ1n) is 8.47. The van der Waals surface area contributed by atoms with Gasteiger partial charge in [0.2, 0.25) is 0 Å². The normalized spacial score (nSPS) is 11.2. The average Bonchev–Trinajstić information content (AvgIpc) is 2.99. The second kappa shape index (κ2) is 17.9. The van der Waals surface area contributed by atoms with E-state index in [-0.39, 0.29) is 26.8 Å². The van der Waals surface area contributed by atoms with Gasteiger partial charge in [0.25, 0.3) is 0 Å². The summed E-state index contributed by atoms with van der Waals surface area (Å²) in [4.78, 5) is 14.8. The molecule has 0 fully saturated rings. The molecule has 0 aliphatic heterocycles. The predicted octanol–water partition coefficient (Wildman–Crippen LogP) is 4.87. The van der Waals surface area contributed by atoms with Crippen LogP contribution >= 0.6 is 0 Å². The third-order valence-corrected chi connectivity index (χ3v) is 2.45. The number of rotatable bonds is 6. The van der Waals surface area contributed by atoms with Crippen molar-refractivity contribution in [1.82, 2.24) is 14.8 Å². The van der Waals surface area contributed by atoms with Crippen molar-refractivity contribution in [3.8, 4) is 0 Å². The van der Waals surface area contributed by atoms with E-state index in [1.807, 2.05) is 53.7 Å². The molecule has 0 aliphatic rings. The molecule has 1 aromatic rings. The number of hydrogen-bond donors (Lipinski definition) is 1. The van der Waals surface area contributed by atoms with Crippen molar-refractivity contribution in [3.05, 3.63) is 77.5 Å². The fraction of sp³-hybridized carbons (Fsp3) is 0.300. The van der Waals surface area contributed by atoms with Gasteiger partial charge in [0, 0.05) is 26.6 Å². The van der Waals surface area contributed by atoms with Gasteiger partial charge in [0.05, 0.1) is 5.70 Å². The minimum absolute atomic E-state index is 0. The molecule has 0 atom stereocenters. The van der Waals surface area contributed by atoms with Gasteiger partial charge in [-0.1, -0.05) is 64.7 Å². The van der Waals surface area contributed by atoms with Crippen LogP contribution in [0.3, 0.4) is 0 Å². The summed E-state index contributed by atoms with van der Waals surface area (Å²) in [6.45, 7) is 19.0. The van der Waals surface area contributed by atoms with Gasteiger partial charge in [-0.25, -0.2) is 4.79 Å². The van der Waals surface area contributed by atoms with E-state index in [0.717, 1.165) is 5.57 Å². The Morgan fingerprint density at radius 2 is 1.69 bits per heavy atom. The maximum absolute atomic E-state index is 12.1. The molecule has 1 rings (SSSR count). The third kappa shape index (κ3) is 10.2. The molecule has 0 aromatic carbocycles. The van der Waals surface area contributed by atoms with Crippen LogP contribution < -0.4 is 5.69 Å². The number of aromatic nitrogens is 3. The molecule has 0 unspecified atom stereocenters. The number of nitrogens with zero attached hydrogens (tertiary/aromatic N) is 2. The maximum atomic E-state index is 12.1. The van der Waals surface area contributed by atoms with Crippen LogP contribution in [0.5, 0.6) is 0 Å². The fourth-order valence-electron chi connectivity index (χ4n) is 1.69. The largest absolute Gasteiger partial charge is 0.348 e. The summed E-state index contributed by atoms with van der Waals surface area (Å²) in [6, 6.07) is 0. The second-order valence-electron chi connectivity index (χ2n) is 4.19. The van der Waals surface area contributed by atoms with Gasteiger partial charge >= 0.3 is 5.69 Å². The maximum Gasteiger partial charge on any atom is 0.348 e. The smallest absolute Gasteiger partial charge is 0.288 e. The minimum atomic E-state index is -0.352. The molecule has 1 N–H and O–H groups in total. The van der Waals surface area contributed by atoms with E-state index in [2.05, 4.69) is 23.2 Å². The molecule has 0 amide bonds. The molecular weight excluding hydrogens is 493 g/mol. The summed E-state index contributed by atoms with van der Waals surface area (Å²) >= 11 is 0. The van der Waals surface area contributed by atoms with Crippen molar-refractivity contribution < 1.29 is 21.1 Å². The van der Waals surface area contributed by atoms with Crippen molar-refractivity contribution in [2.45, 2.75) is 41.5 Å². The van der Waals surface area contributed by atoms with Gasteiger partial charge in [-0.15, -0.1) is 17.2 Å². The number of nitrogens with one attached hydrogen (secondary N) is 1. The molecule has 4 nitrogen and oxygen atoms in total. The zero-order chi connectivity index (χ0) is 19.8. The van der Waals surface area contributed by atoms with E-state index in [4.69, 9.17) is 7.85 Å². The summed E-state index contributed by atoms with van der Waals surface area (Å²) in [7, 11) is 5.58. The van der Waals surface area contributed by atoms with E-state index in [0.29, 0.717) is 17.0 Å². The van der Waals surface area contributed by atoms with E-state index in [9.17, 15) is 4.79 Å². The van der Waals surface area contributed by atoms with Crippen LogP contribution in [-0.2, 0) is 21.1 Å². The first kappa shape index (κ1) is 28.9. The van der Waals surface area contributed by atoms with Gasteiger partial charge in [0.15, 0.2) is 5.82 Å². The SMILES string of the molecule is CC.CC.[B]C(=C)/C=C(\C=C/C)n1nc(C(/C=C\C)=C/C=C)[nH]c1=O.[W]. The molecule has 1 aromatic heterocycles. The molecule has 0 saturated heterocycles. The second-order valence-corrected chi connectivity index (χ2v) is 4.19. The van der Waals surface area contributed by atoms with Crippen LogP contribution in [0.1, 0.15) is 47.4 Å². The van der Waals surface area contributed by atoms with Gasteiger partial charge < -0.3 is 0 Å². The van der Waals surface area contributed by atoms with Crippen molar-refractivity contribution >= 4 is 19.1 Å². The standard InChI is InChI=1S/C16H18BN3O.2C2H6.W/c1-5-8-13(9-6-2)15-18-16(21)20(19-15)14(10-7-3)11-12(4)17;2*1-2;/h5-11H,1,4H2,2-3H3,(H,18,19,21);2*1-2H3;/b9-6-,10-7-,13-8+,14-11+;;;. The summed E-state index contributed by atoms with van der Waals surface area (Å²) in [6.07, 6.45) is 12.2. The topological polar surface area (TPSA) is 50.7 Å². The Balaban J connectivity index is -0.000000985. The summed E-state index contributed by atoms with van der Waals surface area (Å²) < 4.78 is 1.24. The van der Waals surface area contributed by atoms with Gasteiger partial charge in [0.1, 0.15) is 7.85 Å². The summed E-state index contributed by atoms with van der Waals surface area (Å²) in [5.74, 6) is 0.455. The van der Waals surface area contributed by atoms with Crippen molar-refractivity contribution in [3.63, 3.8) is 0 Å². The molecule has 0 aliphatic carbocycles. The summed E-state index contributed by atoms with van der Waals surface area (Å²) in [5.41, 5.74) is 1.29. The molecule has 0 bridgehead atoms. The molecule has 26 heavy (non-hydrogen) atoms. The van der Waals surface area contributed by atoms with Gasteiger partial charge in [-0.05, 0) is 26.0 Å². The van der Waals surface area contributed by atoms with Gasteiger partial charge in [-0.3, -0.25) is 4.98 Å². The Hall–Kier alpha value is -1.87. The average molecular weight is 523 g/mol. The first-order chi connectivity index (χ1) is 12.0. The van der Waals surface area contributed by atoms with Gasteiger partial charge in [-0.2, -0.15) is 4.68 Å². The minimum Gasteiger partial charge on any atom is -0.288 e. The van der Waals surface area contributed by atoms with Crippen molar-refractivity contribution in [2.75, 3.05) is 0 Å². The zero-order valence-electron chi connectivity index (χ0n) is 16.7. The van der Waals surface area contributed by atoms with Crippen LogP contribution in [-0.4, -0.2) is 22.6 Å². The molecule has 1 heterocycles.